The van der Waals surface area contributed by atoms with Crippen LogP contribution in [0.3, 0.4) is 0 Å². The molecule has 94 valence electrons. The molecule has 2 atom stereocenters. The van der Waals surface area contributed by atoms with Crippen LogP contribution in [0.1, 0.15) is 38.5 Å². The molecule has 16 heavy (non-hydrogen) atoms. The average Bonchev–Trinajstić information content (AvgIpc) is 2.29. The van der Waals surface area contributed by atoms with Crippen LogP contribution in [0.15, 0.2) is 0 Å². The van der Waals surface area contributed by atoms with E-state index in [-0.39, 0.29) is 0 Å². The van der Waals surface area contributed by atoms with E-state index in [9.17, 15) is 0 Å². The molecular weight excluding hydrogens is 200 g/mol. The van der Waals surface area contributed by atoms with Crippen molar-refractivity contribution in [1.82, 2.24) is 10.2 Å². The van der Waals surface area contributed by atoms with Gasteiger partial charge in [-0.25, -0.2) is 0 Å². The fourth-order valence-electron chi connectivity index (χ4n) is 3.02. The molecule has 0 aromatic heterocycles. The average molecular weight is 226 g/mol. The topological polar surface area (TPSA) is 24.5 Å². The molecule has 2 unspecified atom stereocenters. The Hall–Kier alpha value is -0.120. The van der Waals surface area contributed by atoms with Crippen LogP contribution >= 0.6 is 0 Å². The van der Waals surface area contributed by atoms with Crippen LogP contribution in [0, 0.1) is 0 Å². The normalized spacial score (nSPS) is 34.3. The lowest BCUT2D eigenvalue weighted by atomic mass is 9.99. The number of nitrogens with one attached hydrogen (secondary N) is 1. The summed E-state index contributed by atoms with van der Waals surface area (Å²) in [5.41, 5.74) is 0. The Labute approximate surface area is 99.5 Å². The minimum absolute atomic E-state index is 0.608. The van der Waals surface area contributed by atoms with Crippen molar-refractivity contribution < 1.29 is 4.74 Å². The van der Waals surface area contributed by atoms with E-state index in [2.05, 4.69) is 17.3 Å². The molecule has 0 saturated carbocycles. The summed E-state index contributed by atoms with van der Waals surface area (Å²) in [6.07, 6.45) is 8.16. The Bertz CT molecular complexity index is 190. The number of ether oxygens (including phenoxy) is 1. The highest BCUT2D eigenvalue weighted by Gasteiger charge is 2.29. The molecule has 0 radical (unpaired) electrons. The highest BCUT2D eigenvalue weighted by Crippen LogP contribution is 2.18. The van der Waals surface area contributed by atoms with Crippen molar-refractivity contribution in [2.75, 3.05) is 33.4 Å². The van der Waals surface area contributed by atoms with Gasteiger partial charge in [-0.15, -0.1) is 0 Å². The summed E-state index contributed by atoms with van der Waals surface area (Å²) in [5, 5.41) is 3.47. The first-order valence-corrected chi connectivity index (χ1v) is 6.91. The standard InChI is InChI=1S/C13H26N2O/c1-14-12-7-10-16-11-13(12)15-8-5-3-2-4-6-9-15/h12-14H,2-11H2,1H3. The summed E-state index contributed by atoms with van der Waals surface area (Å²) in [4.78, 5) is 2.67. The Balaban J connectivity index is 1.90. The van der Waals surface area contributed by atoms with E-state index < -0.39 is 0 Å². The number of hydrogen-bond acceptors (Lipinski definition) is 3. The smallest absolute Gasteiger partial charge is 0.0637 e. The SMILES string of the molecule is CNC1CCOCC1N1CCCCCCC1. The lowest BCUT2D eigenvalue weighted by Gasteiger charge is -2.40. The lowest BCUT2D eigenvalue weighted by molar-refractivity contribution is -0.00400. The zero-order valence-corrected chi connectivity index (χ0v) is 10.6. The molecule has 3 nitrogen and oxygen atoms in total. The summed E-state index contributed by atoms with van der Waals surface area (Å²) in [6, 6.07) is 1.24. The first-order valence-electron chi connectivity index (χ1n) is 6.91. The molecule has 3 heteroatoms. The van der Waals surface area contributed by atoms with Crippen LogP contribution in [-0.2, 0) is 4.74 Å². The number of hydrogen-bond donors (Lipinski definition) is 1. The lowest BCUT2D eigenvalue weighted by Crippen LogP contribution is -2.55. The number of likely N-dealkylation sites (N-methyl/N-ethyl adjacent to an activating group) is 1. The molecule has 2 aliphatic rings. The van der Waals surface area contributed by atoms with Gasteiger partial charge in [0.1, 0.15) is 0 Å². The van der Waals surface area contributed by atoms with Gasteiger partial charge < -0.3 is 10.1 Å². The second kappa shape index (κ2) is 6.58. The van der Waals surface area contributed by atoms with Gasteiger partial charge >= 0.3 is 0 Å². The number of likely N-dealkylation sites (tertiary alicyclic amines) is 1. The first kappa shape index (κ1) is 12.3. The van der Waals surface area contributed by atoms with E-state index in [1.54, 1.807) is 0 Å². The van der Waals surface area contributed by atoms with Gasteiger partial charge in [-0.3, -0.25) is 4.90 Å². The largest absolute Gasteiger partial charge is 0.380 e. The van der Waals surface area contributed by atoms with E-state index in [4.69, 9.17) is 4.74 Å². The summed E-state index contributed by atoms with van der Waals surface area (Å²) in [6.45, 7) is 4.39. The van der Waals surface area contributed by atoms with Crippen molar-refractivity contribution in [3.05, 3.63) is 0 Å². The van der Waals surface area contributed by atoms with E-state index in [0.717, 1.165) is 19.6 Å². The second-order valence-electron chi connectivity index (χ2n) is 5.13. The zero-order valence-electron chi connectivity index (χ0n) is 10.6. The second-order valence-corrected chi connectivity index (χ2v) is 5.13. The summed E-state index contributed by atoms with van der Waals surface area (Å²) in [5.74, 6) is 0. The first-order chi connectivity index (χ1) is 7.92. The third kappa shape index (κ3) is 3.19. The van der Waals surface area contributed by atoms with Crippen molar-refractivity contribution in [1.29, 1.82) is 0 Å². The van der Waals surface area contributed by atoms with Crippen LogP contribution in [0.5, 0.6) is 0 Å². The van der Waals surface area contributed by atoms with Crippen molar-refractivity contribution in [3.63, 3.8) is 0 Å². The molecule has 2 heterocycles. The van der Waals surface area contributed by atoms with E-state index in [1.807, 2.05) is 0 Å². The van der Waals surface area contributed by atoms with Crippen molar-refractivity contribution >= 4 is 0 Å². The molecule has 0 aliphatic carbocycles. The molecule has 0 bridgehead atoms. The molecular formula is C13H26N2O. The van der Waals surface area contributed by atoms with Crippen LogP contribution in [0.4, 0.5) is 0 Å². The summed E-state index contributed by atoms with van der Waals surface area (Å²) >= 11 is 0. The third-order valence-corrected chi connectivity index (χ3v) is 4.06. The van der Waals surface area contributed by atoms with E-state index >= 15 is 0 Å². The maximum absolute atomic E-state index is 5.66. The molecule has 2 fully saturated rings. The highest BCUT2D eigenvalue weighted by atomic mass is 16.5. The van der Waals surface area contributed by atoms with Gasteiger partial charge in [-0.05, 0) is 39.4 Å². The summed E-state index contributed by atoms with van der Waals surface area (Å²) in [7, 11) is 2.09. The number of rotatable bonds is 2. The fourth-order valence-corrected chi connectivity index (χ4v) is 3.02. The molecule has 2 aliphatic heterocycles. The quantitative estimate of drug-likeness (QED) is 0.774. The van der Waals surface area contributed by atoms with Gasteiger partial charge in [-0.2, -0.15) is 0 Å². The van der Waals surface area contributed by atoms with Gasteiger partial charge in [0.25, 0.3) is 0 Å². The minimum atomic E-state index is 0.608. The molecule has 0 aromatic rings. The predicted octanol–water partition coefficient (Wildman–Crippen LogP) is 1.63. The fraction of sp³-hybridized carbons (Fsp3) is 1.00. The van der Waals surface area contributed by atoms with Gasteiger partial charge in [0.2, 0.25) is 0 Å². The molecule has 0 spiro atoms. The monoisotopic (exact) mass is 226 g/mol. The molecule has 1 N–H and O–H groups in total. The van der Waals surface area contributed by atoms with E-state index in [0.29, 0.717) is 12.1 Å². The van der Waals surface area contributed by atoms with Crippen molar-refractivity contribution in [2.45, 2.75) is 50.6 Å². The van der Waals surface area contributed by atoms with Crippen LogP contribution < -0.4 is 5.32 Å². The van der Waals surface area contributed by atoms with Gasteiger partial charge in [0.05, 0.1) is 6.61 Å². The van der Waals surface area contributed by atoms with Crippen LogP contribution in [0.2, 0.25) is 0 Å². The van der Waals surface area contributed by atoms with Gasteiger partial charge in [-0.1, -0.05) is 19.3 Å². The maximum atomic E-state index is 5.66. The number of nitrogens with zero attached hydrogens (tertiary/aromatic N) is 1. The molecule has 0 amide bonds. The Morgan fingerprint density at radius 2 is 1.75 bits per heavy atom. The molecule has 2 saturated heterocycles. The van der Waals surface area contributed by atoms with E-state index in [1.165, 1.54) is 45.2 Å². The summed E-state index contributed by atoms with van der Waals surface area (Å²) < 4.78 is 5.66. The maximum Gasteiger partial charge on any atom is 0.0637 e. The van der Waals surface area contributed by atoms with Gasteiger partial charge in [0.15, 0.2) is 0 Å². The Morgan fingerprint density at radius 3 is 2.44 bits per heavy atom. The Kier molecular flexibility index (Phi) is 5.07. The van der Waals surface area contributed by atoms with Crippen LogP contribution in [0.25, 0.3) is 0 Å². The minimum Gasteiger partial charge on any atom is -0.380 e. The van der Waals surface area contributed by atoms with Crippen molar-refractivity contribution in [2.24, 2.45) is 0 Å². The highest BCUT2D eigenvalue weighted by molar-refractivity contribution is 4.87. The molecule has 0 aromatic carbocycles. The van der Waals surface area contributed by atoms with Gasteiger partial charge in [0, 0.05) is 18.7 Å². The molecule has 2 rings (SSSR count). The zero-order chi connectivity index (χ0) is 11.2. The third-order valence-electron chi connectivity index (χ3n) is 4.06. The van der Waals surface area contributed by atoms with Crippen molar-refractivity contribution in [3.8, 4) is 0 Å². The predicted molar refractivity (Wildman–Crippen MR) is 66.7 cm³/mol. The van der Waals surface area contributed by atoms with Crippen LogP contribution in [-0.4, -0.2) is 50.3 Å². The Morgan fingerprint density at radius 1 is 1.06 bits per heavy atom.